The second kappa shape index (κ2) is 9.99. The van der Waals surface area contributed by atoms with Crippen molar-refractivity contribution in [3.8, 4) is 5.75 Å². The molecule has 0 aromatic heterocycles. The summed E-state index contributed by atoms with van der Waals surface area (Å²) in [6.45, 7) is -0.177. The van der Waals surface area contributed by atoms with Gasteiger partial charge in [-0.1, -0.05) is 23.7 Å². The van der Waals surface area contributed by atoms with Gasteiger partial charge >= 0.3 is 0 Å². The first-order valence-electron chi connectivity index (χ1n) is 11.1. The number of hydrogen-bond acceptors (Lipinski definition) is 7. The third-order valence-electron chi connectivity index (χ3n) is 5.62. The number of fused-ring (bicyclic) bond motifs is 2. The lowest BCUT2D eigenvalue weighted by Gasteiger charge is -2.25. The quantitative estimate of drug-likeness (QED) is 0.455. The van der Waals surface area contributed by atoms with Crippen molar-refractivity contribution in [2.45, 2.75) is 13.1 Å². The molecule has 37 heavy (non-hydrogen) atoms. The molecular weight excluding hydrogens is 510 g/mol. The summed E-state index contributed by atoms with van der Waals surface area (Å²) in [5.41, 5.74) is 4.18. The zero-order valence-corrected chi connectivity index (χ0v) is 19.8. The van der Waals surface area contributed by atoms with E-state index in [2.05, 4.69) is 26.4 Å². The molecule has 0 fully saturated rings. The number of carbonyl (C=O) groups excluding carboxylic acids is 3. The molecule has 0 unspecified atom stereocenters. The Morgan fingerprint density at radius 1 is 1.08 bits per heavy atom. The highest BCUT2D eigenvalue weighted by molar-refractivity contribution is 6.44. The predicted molar refractivity (Wildman–Crippen MR) is 129 cm³/mol. The van der Waals surface area contributed by atoms with Crippen LogP contribution >= 0.6 is 11.6 Å². The number of anilines is 1. The van der Waals surface area contributed by atoms with Crippen molar-refractivity contribution in [2.24, 2.45) is 4.99 Å². The highest BCUT2D eigenvalue weighted by atomic mass is 35.5. The van der Waals surface area contributed by atoms with Gasteiger partial charge in [-0.25, -0.2) is 19.2 Å². The average molecular weight is 529 g/mol. The molecule has 0 bridgehead atoms. The van der Waals surface area contributed by atoms with Crippen LogP contribution in [-0.2, 0) is 27.5 Å². The normalized spacial score (nSPS) is 16.2. The maximum Gasteiger partial charge on any atom is 0.270 e. The van der Waals surface area contributed by atoms with Crippen molar-refractivity contribution in [2.75, 3.05) is 18.5 Å². The molecule has 13 heteroatoms. The minimum atomic E-state index is -0.639. The average Bonchev–Trinajstić information content (AvgIpc) is 3.27. The van der Waals surface area contributed by atoms with Gasteiger partial charge in [0, 0.05) is 19.2 Å². The fourth-order valence-corrected chi connectivity index (χ4v) is 4.00. The first-order chi connectivity index (χ1) is 17.8. The number of nitrogens with one attached hydrogen (secondary N) is 4. The third-order valence-corrected chi connectivity index (χ3v) is 5.91. The topological polar surface area (TPSA) is 124 Å². The van der Waals surface area contributed by atoms with E-state index < -0.39 is 23.5 Å². The second-order valence-electron chi connectivity index (χ2n) is 8.21. The van der Waals surface area contributed by atoms with Crippen molar-refractivity contribution in [1.82, 2.24) is 21.1 Å². The number of amides is 3. The van der Waals surface area contributed by atoms with Gasteiger partial charge in [0.05, 0.1) is 17.3 Å². The van der Waals surface area contributed by atoms with Crippen molar-refractivity contribution in [3.05, 3.63) is 81.8 Å². The number of halogens is 3. The predicted octanol–water partition coefficient (Wildman–Crippen LogP) is 2.04. The molecule has 0 atom stereocenters. The van der Waals surface area contributed by atoms with Crippen molar-refractivity contribution < 1.29 is 27.9 Å². The lowest BCUT2D eigenvalue weighted by atomic mass is 10.1. The summed E-state index contributed by atoms with van der Waals surface area (Å²) in [7, 11) is 0. The number of hydrogen-bond donors (Lipinski definition) is 4. The lowest BCUT2D eigenvalue weighted by Crippen LogP contribution is -2.42. The lowest BCUT2D eigenvalue weighted by molar-refractivity contribution is -0.119. The van der Waals surface area contributed by atoms with Crippen LogP contribution in [0.5, 0.6) is 5.75 Å². The van der Waals surface area contributed by atoms with Gasteiger partial charge in [0.2, 0.25) is 0 Å². The second-order valence-corrected chi connectivity index (χ2v) is 8.61. The molecule has 190 valence electrons. The van der Waals surface area contributed by atoms with Crippen molar-refractivity contribution in [1.29, 1.82) is 0 Å². The maximum atomic E-state index is 14.4. The van der Waals surface area contributed by atoms with E-state index in [0.29, 0.717) is 22.6 Å². The molecule has 0 radical (unpaired) electrons. The smallest absolute Gasteiger partial charge is 0.270 e. The summed E-state index contributed by atoms with van der Waals surface area (Å²) in [5, 5.41) is 9.08. The van der Waals surface area contributed by atoms with Crippen LogP contribution < -0.4 is 26.1 Å². The Morgan fingerprint density at radius 3 is 2.59 bits per heavy atom. The van der Waals surface area contributed by atoms with E-state index in [1.54, 1.807) is 18.2 Å². The van der Waals surface area contributed by atoms with Crippen molar-refractivity contribution >= 4 is 40.7 Å². The van der Waals surface area contributed by atoms with Gasteiger partial charge in [0.15, 0.2) is 18.3 Å². The molecule has 2 aromatic rings. The van der Waals surface area contributed by atoms with E-state index in [1.807, 2.05) is 0 Å². The number of rotatable bonds is 6. The zero-order chi connectivity index (χ0) is 26.1. The Morgan fingerprint density at radius 2 is 1.81 bits per heavy atom. The van der Waals surface area contributed by atoms with Gasteiger partial charge in [-0.2, -0.15) is 0 Å². The molecular formula is C24H19ClF2N6O4. The Labute approximate surface area is 214 Å². The Balaban J connectivity index is 1.29. The van der Waals surface area contributed by atoms with Gasteiger partial charge < -0.3 is 20.7 Å². The Kier molecular flexibility index (Phi) is 6.59. The van der Waals surface area contributed by atoms with Gasteiger partial charge in [-0.3, -0.25) is 19.4 Å². The first-order valence-corrected chi connectivity index (χ1v) is 11.4. The molecule has 4 N–H and O–H groups in total. The van der Waals surface area contributed by atoms with Crippen molar-refractivity contribution in [3.63, 3.8) is 0 Å². The van der Waals surface area contributed by atoms with Crippen LogP contribution in [0.1, 0.15) is 11.1 Å². The molecule has 5 rings (SSSR count). The Bertz CT molecular complexity index is 1420. The van der Waals surface area contributed by atoms with Crippen LogP contribution in [-0.4, -0.2) is 41.6 Å². The number of carbonyl (C=O) groups is 3. The molecule has 3 amide bonds. The van der Waals surface area contributed by atoms with Crippen LogP contribution in [0.3, 0.4) is 0 Å². The molecule has 0 saturated heterocycles. The van der Waals surface area contributed by atoms with E-state index in [-0.39, 0.29) is 54.4 Å². The standard InChI is InChI=1S/C24H19ClF2N6O4/c25-14-5-12(1-3-15(14)26)8-29-24(36)19-7-18(32-22-16(27)10-30-33(19)22)23(35)28-9-13-2-4-20-17(6-13)31-21(34)11-37-20/h1-7,30H,8-11H2,(H,28,35)(H,29,36)(H,31,34). The summed E-state index contributed by atoms with van der Waals surface area (Å²) in [6, 6.07) is 9.09. The third kappa shape index (κ3) is 5.15. The molecule has 10 nitrogen and oxygen atoms in total. The first kappa shape index (κ1) is 24.4. The van der Waals surface area contributed by atoms with Gasteiger partial charge in [0.25, 0.3) is 17.7 Å². The largest absolute Gasteiger partial charge is 0.482 e. The van der Waals surface area contributed by atoms with Gasteiger partial charge in [0.1, 0.15) is 23.0 Å². The summed E-state index contributed by atoms with van der Waals surface area (Å²) < 4.78 is 33.1. The summed E-state index contributed by atoms with van der Waals surface area (Å²) >= 11 is 5.79. The van der Waals surface area contributed by atoms with Crippen LogP contribution in [0.4, 0.5) is 14.5 Å². The van der Waals surface area contributed by atoms with E-state index in [4.69, 9.17) is 16.3 Å². The summed E-state index contributed by atoms with van der Waals surface area (Å²) in [6.07, 6.45) is 1.23. The fourth-order valence-electron chi connectivity index (χ4n) is 3.79. The van der Waals surface area contributed by atoms with Gasteiger partial charge in [-0.15, -0.1) is 0 Å². The number of aliphatic imine (C=N–C) groups is 1. The molecule has 0 aliphatic carbocycles. The number of hydrazine groups is 1. The highest BCUT2D eigenvalue weighted by Gasteiger charge is 2.34. The van der Waals surface area contributed by atoms with Gasteiger partial charge in [-0.05, 0) is 35.4 Å². The molecule has 3 aliphatic heterocycles. The zero-order valence-electron chi connectivity index (χ0n) is 19.0. The van der Waals surface area contributed by atoms with Crippen LogP contribution in [0, 0.1) is 5.82 Å². The van der Waals surface area contributed by atoms with E-state index in [0.717, 1.165) is 5.01 Å². The molecule has 0 spiro atoms. The number of benzene rings is 2. The SMILES string of the molecule is O=C1COc2ccc(CNC(=O)C3=NC4=C(F)CNN4C(C(=O)NCc4ccc(F)c(Cl)c4)=C3)cc2N1. The summed E-state index contributed by atoms with van der Waals surface area (Å²) in [4.78, 5) is 41.4. The minimum Gasteiger partial charge on any atom is -0.482 e. The maximum absolute atomic E-state index is 14.4. The molecule has 0 saturated carbocycles. The highest BCUT2D eigenvalue weighted by Crippen LogP contribution is 2.29. The fraction of sp³-hybridized carbons (Fsp3) is 0.167. The number of ether oxygens (including phenoxy) is 1. The van der Waals surface area contributed by atoms with Crippen LogP contribution in [0.2, 0.25) is 5.02 Å². The molecule has 3 aliphatic rings. The van der Waals surface area contributed by atoms with E-state index >= 15 is 0 Å². The van der Waals surface area contributed by atoms with E-state index in [9.17, 15) is 23.2 Å². The van der Waals surface area contributed by atoms with E-state index in [1.165, 1.54) is 24.3 Å². The monoisotopic (exact) mass is 528 g/mol. The minimum absolute atomic E-state index is 0.0167. The Hall–Kier alpha value is -4.29. The van der Waals surface area contributed by atoms with Crippen LogP contribution in [0.15, 0.2) is 64.8 Å². The van der Waals surface area contributed by atoms with Crippen LogP contribution in [0.25, 0.3) is 0 Å². The molecule has 2 aromatic carbocycles. The molecule has 3 heterocycles. The number of nitrogens with zero attached hydrogens (tertiary/aromatic N) is 2. The summed E-state index contributed by atoms with van der Waals surface area (Å²) in [5.74, 6) is -2.45.